The van der Waals surface area contributed by atoms with Crippen LogP contribution in [0, 0.1) is 11.7 Å². The molecule has 1 amide bonds. The molecule has 2 aromatic rings. The highest BCUT2D eigenvalue weighted by molar-refractivity contribution is 5.94. The predicted octanol–water partition coefficient (Wildman–Crippen LogP) is 2.34. The van der Waals surface area contributed by atoms with Gasteiger partial charge in [0.2, 0.25) is 0 Å². The fraction of sp³-hybridized carbons (Fsp3) is 0.474. The van der Waals surface area contributed by atoms with E-state index in [0.29, 0.717) is 18.2 Å². The van der Waals surface area contributed by atoms with Crippen molar-refractivity contribution >= 4 is 5.91 Å². The second-order valence-electron chi connectivity index (χ2n) is 7.11. The fourth-order valence-electron chi connectivity index (χ4n) is 3.58. The van der Waals surface area contributed by atoms with Crippen LogP contribution >= 0.6 is 0 Å². The first kappa shape index (κ1) is 16.3. The Labute approximate surface area is 146 Å². The Morgan fingerprint density at radius 2 is 2.08 bits per heavy atom. The summed E-state index contributed by atoms with van der Waals surface area (Å²) >= 11 is 0. The molecular formula is C19H22FN3O2. The first-order valence-electron chi connectivity index (χ1n) is 8.85. The highest BCUT2D eigenvalue weighted by atomic mass is 19.1. The summed E-state index contributed by atoms with van der Waals surface area (Å²) in [6.07, 6.45) is 4.30. The molecule has 1 heterocycles. The summed E-state index contributed by atoms with van der Waals surface area (Å²) < 4.78 is 15.0. The van der Waals surface area contributed by atoms with Crippen LogP contribution in [-0.4, -0.2) is 45.4 Å². The van der Waals surface area contributed by atoms with Gasteiger partial charge in [-0.1, -0.05) is 0 Å². The molecule has 25 heavy (non-hydrogen) atoms. The quantitative estimate of drug-likeness (QED) is 0.907. The van der Waals surface area contributed by atoms with Crippen LogP contribution in [0.1, 0.15) is 41.0 Å². The minimum absolute atomic E-state index is 0.154. The lowest BCUT2D eigenvalue weighted by atomic mass is 10.1. The zero-order chi connectivity index (χ0) is 17.6. The zero-order valence-corrected chi connectivity index (χ0v) is 14.3. The molecular weight excluding hydrogens is 321 g/mol. The summed E-state index contributed by atoms with van der Waals surface area (Å²) in [5, 5.41) is 14.6. The van der Waals surface area contributed by atoms with Crippen LogP contribution in [0.25, 0.3) is 5.69 Å². The average molecular weight is 343 g/mol. The number of likely N-dealkylation sites (N-methyl/N-ethyl adjacent to an activating group) is 1. The molecule has 2 aliphatic rings. The van der Waals surface area contributed by atoms with Gasteiger partial charge in [0.1, 0.15) is 5.82 Å². The maximum absolute atomic E-state index is 13.2. The number of fused-ring (bicyclic) bond motifs is 1. The Balaban J connectivity index is 1.62. The van der Waals surface area contributed by atoms with E-state index in [0.717, 1.165) is 49.0 Å². The SMILES string of the molecule is CN(C[C@@H](O)C1CC1)C(=O)c1nn(-c2ccc(F)cc2)c2c1CCC2. The Kier molecular flexibility index (Phi) is 4.07. The standard InChI is InChI=1S/C19H22FN3O2/c1-22(11-17(24)12-5-6-12)19(25)18-15-3-2-4-16(15)23(21-18)14-9-7-13(20)8-10-14/h7-10,12,17,24H,2-6,11H2,1H3/t17-/m1/s1. The molecule has 132 valence electrons. The van der Waals surface area contributed by atoms with Gasteiger partial charge in [0.05, 0.1) is 11.8 Å². The van der Waals surface area contributed by atoms with Crippen LogP contribution < -0.4 is 0 Å². The minimum atomic E-state index is -0.457. The zero-order valence-electron chi connectivity index (χ0n) is 14.3. The number of aliphatic hydroxyl groups excluding tert-OH is 1. The fourth-order valence-corrected chi connectivity index (χ4v) is 3.58. The number of carbonyl (C=O) groups is 1. The van der Waals surface area contributed by atoms with E-state index in [2.05, 4.69) is 5.10 Å². The number of hydrogen-bond donors (Lipinski definition) is 1. The maximum atomic E-state index is 13.2. The van der Waals surface area contributed by atoms with Crippen molar-refractivity contribution in [2.24, 2.45) is 5.92 Å². The van der Waals surface area contributed by atoms with Crippen molar-refractivity contribution in [2.75, 3.05) is 13.6 Å². The van der Waals surface area contributed by atoms with Crippen LogP contribution in [0.2, 0.25) is 0 Å². The molecule has 1 saturated carbocycles. The van der Waals surface area contributed by atoms with E-state index >= 15 is 0 Å². The maximum Gasteiger partial charge on any atom is 0.274 e. The number of rotatable bonds is 5. The highest BCUT2D eigenvalue weighted by Crippen LogP contribution is 2.33. The van der Waals surface area contributed by atoms with E-state index in [1.54, 1.807) is 28.8 Å². The topological polar surface area (TPSA) is 58.4 Å². The molecule has 0 saturated heterocycles. The van der Waals surface area contributed by atoms with E-state index in [-0.39, 0.29) is 11.7 Å². The summed E-state index contributed by atoms with van der Waals surface area (Å²) in [6.45, 7) is 0.335. The smallest absolute Gasteiger partial charge is 0.274 e. The molecule has 0 spiro atoms. The van der Waals surface area contributed by atoms with Crippen molar-refractivity contribution in [3.63, 3.8) is 0 Å². The minimum Gasteiger partial charge on any atom is -0.391 e. The highest BCUT2D eigenvalue weighted by Gasteiger charge is 2.33. The van der Waals surface area contributed by atoms with Gasteiger partial charge in [0.25, 0.3) is 5.91 Å². The molecule has 0 bridgehead atoms. The molecule has 2 aliphatic carbocycles. The second-order valence-corrected chi connectivity index (χ2v) is 7.11. The molecule has 6 heteroatoms. The Bertz CT molecular complexity index is 796. The third-order valence-electron chi connectivity index (χ3n) is 5.18. The number of halogens is 1. The summed E-state index contributed by atoms with van der Waals surface area (Å²) in [5.41, 5.74) is 3.25. The number of carbonyl (C=O) groups excluding carboxylic acids is 1. The number of aromatic nitrogens is 2. The van der Waals surface area contributed by atoms with Crippen LogP contribution in [0.15, 0.2) is 24.3 Å². The number of amides is 1. The van der Waals surface area contributed by atoms with Gasteiger partial charge in [-0.15, -0.1) is 0 Å². The van der Waals surface area contributed by atoms with Crippen molar-refractivity contribution in [3.05, 3.63) is 47.0 Å². The molecule has 1 atom stereocenters. The average Bonchev–Trinajstić information content (AvgIpc) is 3.24. The van der Waals surface area contributed by atoms with E-state index in [9.17, 15) is 14.3 Å². The Morgan fingerprint density at radius 3 is 2.76 bits per heavy atom. The van der Waals surface area contributed by atoms with Crippen molar-refractivity contribution in [1.82, 2.24) is 14.7 Å². The number of aliphatic hydroxyl groups is 1. The molecule has 1 fully saturated rings. The molecule has 1 aromatic heterocycles. The number of hydrogen-bond acceptors (Lipinski definition) is 3. The molecule has 4 rings (SSSR count). The monoisotopic (exact) mass is 343 g/mol. The van der Waals surface area contributed by atoms with Crippen LogP contribution in [0.4, 0.5) is 4.39 Å². The van der Waals surface area contributed by atoms with Crippen molar-refractivity contribution < 1.29 is 14.3 Å². The summed E-state index contributed by atoms with van der Waals surface area (Å²) in [6, 6.07) is 6.15. The molecule has 0 unspecified atom stereocenters. The van der Waals surface area contributed by atoms with Gasteiger partial charge in [0, 0.05) is 24.8 Å². The lowest BCUT2D eigenvalue weighted by Crippen LogP contribution is -2.35. The van der Waals surface area contributed by atoms with E-state index in [1.807, 2.05) is 0 Å². The van der Waals surface area contributed by atoms with Gasteiger partial charge in [-0.3, -0.25) is 4.79 Å². The van der Waals surface area contributed by atoms with Gasteiger partial charge in [-0.05, 0) is 62.3 Å². The second kappa shape index (κ2) is 6.26. The van der Waals surface area contributed by atoms with E-state index in [1.165, 1.54) is 12.1 Å². The van der Waals surface area contributed by atoms with Gasteiger partial charge in [-0.25, -0.2) is 9.07 Å². The third-order valence-corrected chi connectivity index (χ3v) is 5.18. The van der Waals surface area contributed by atoms with Gasteiger partial charge >= 0.3 is 0 Å². The first-order valence-corrected chi connectivity index (χ1v) is 8.85. The summed E-state index contributed by atoms with van der Waals surface area (Å²) in [4.78, 5) is 14.4. The normalized spacial score (nSPS) is 17.4. The number of benzene rings is 1. The lowest BCUT2D eigenvalue weighted by Gasteiger charge is -2.20. The summed E-state index contributed by atoms with van der Waals surface area (Å²) in [7, 11) is 1.71. The molecule has 5 nitrogen and oxygen atoms in total. The van der Waals surface area contributed by atoms with E-state index < -0.39 is 6.10 Å². The van der Waals surface area contributed by atoms with E-state index in [4.69, 9.17) is 0 Å². The molecule has 1 aromatic carbocycles. The lowest BCUT2D eigenvalue weighted by molar-refractivity contribution is 0.0639. The molecule has 0 aliphatic heterocycles. The van der Waals surface area contributed by atoms with Gasteiger partial charge in [-0.2, -0.15) is 5.10 Å². The Hall–Kier alpha value is -2.21. The van der Waals surface area contributed by atoms with Crippen molar-refractivity contribution in [3.8, 4) is 5.69 Å². The van der Waals surface area contributed by atoms with Crippen molar-refractivity contribution in [1.29, 1.82) is 0 Å². The van der Waals surface area contributed by atoms with Gasteiger partial charge < -0.3 is 10.0 Å². The first-order chi connectivity index (χ1) is 12.0. The summed E-state index contributed by atoms with van der Waals surface area (Å²) in [5.74, 6) is -0.117. The number of nitrogens with zero attached hydrogens (tertiary/aromatic N) is 3. The van der Waals surface area contributed by atoms with Gasteiger partial charge in [0.15, 0.2) is 5.69 Å². The van der Waals surface area contributed by atoms with Crippen LogP contribution in [-0.2, 0) is 12.8 Å². The van der Waals surface area contributed by atoms with Crippen LogP contribution in [0.3, 0.4) is 0 Å². The Morgan fingerprint density at radius 1 is 1.36 bits per heavy atom. The van der Waals surface area contributed by atoms with Crippen molar-refractivity contribution in [2.45, 2.75) is 38.2 Å². The molecule has 1 N–H and O–H groups in total. The van der Waals surface area contributed by atoms with Crippen LogP contribution in [0.5, 0.6) is 0 Å². The molecule has 0 radical (unpaired) electrons. The largest absolute Gasteiger partial charge is 0.391 e. The third kappa shape index (κ3) is 3.06. The predicted molar refractivity (Wildman–Crippen MR) is 91.2 cm³/mol.